The summed E-state index contributed by atoms with van der Waals surface area (Å²) in [4.78, 5) is 4.13. The van der Waals surface area contributed by atoms with Gasteiger partial charge in [0.1, 0.15) is 5.75 Å². The van der Waals surface area contributed by atoms with Crippen LogP contribution in [-0.4, -0.2) is 19.2 Å². The molecule has 1 aromatic carbocycles. The van der Waals surface area contributed by atoms with Gasteiger partial charge in [0, 0.05) is 21.9 Å². The lowest BCUT2D eigenvalue weighted by Gasteiger charge is -2.10. The first-order chi connectivity index (χ1) is 8.72. The molecule has 0 unspecified atom stereocenters. The maximum Gasteiger partial charge on any atom is 0.220 e. The standard InChI is InChI=1S/C13H12INO3/c1-16-11-4-3-10(8-12(11)17-2)18-13-7-9(14)5-6-15-13/h3-8H,1-2H3. The molecule has 0 N–H and O–H groups in total. The minimum atomic E-state index is 0.550. The number of rotatable bonds is 4. The molecule has 18 heavy (non-hydrogen) atoms. The Morgan fingerprint density at radius 1 is 1.00 bits per heavy atom. The van der Waals surface area contributed by atoms with Gasteiger partial charge in [0.25, 0.3) is 0 Å². The number of hydrogen-bond donors (Lipinski definition) is 0. The van der Waals surface area contributed by atoms with E-state index in [9.17, 15) is 0 Å². The zero-order valence-electron chi connectivity index (χ0n) is 10.0. The first kappa shape index (κ1) is 12.9. The van der Waals surface area contributed by atoms with Crippen LogP contribution in [0.3, 0.4) is 0 Å². The van der Waals surface area contributed by atoms with Gasteiger partial charge in [0.05, 0.1) is 14.2 Å². The van der Waals surface area contributed by atoms with Crippen molar-refractivity contribution in [2.24, 2.45) is 0 Å². The molecule has 0 saturated carbocycles. The zero-order valence-corrected chi connectivity index (χ0v) is 12.2. The minimum absolute atomic E-state index is 0.550. The Balaban J connectivity index is 2.24. The molecule has 0 spiro atoms. The molecular formula is C13H12INO3. The molecule has 0 bridgehead atoms. The fourth-order valence-electron chi connectivity index (χ4n) is 1.44. The van der Waals surface area contributed by atoms with E-state index in [1.807, 2.05) is 18.2 Å². The number of nitrogens with zero attached hydrogens (tertiary/aromatic N) is 1. The highest BCUT2D eigenvalue weighted by molar-refractivity contribution is 14.1. The second-order valence-electron chi connectivity index (χ2n) is 3.43. The number of halogens is 1. The molecule has 2 aromatic rings. The molecule has 5 heteroatoms. The second kappa shape index (κ2) is 5.90. The number of benzene rings is 1. The number of methoxy groups -OCH3 is 2. The van der Waals surface area contributed by atoms with Crippen LogP contribution in [0.5, 0.6) is 23.1 Å². The van der Waals surface area contributed by atoms with Gasteiger partial charge < -0.3 is 14.2 Å². The van der Waals surface area contributed by atoms with Gasteiger partial charge in [-0.3, -0.25) is 0 Å². The molecule has 0 amide bonds. The smallest absolute Gasteiger partial charge is 0.220 e. The van der Waals surface area contributed by atoms with E-state index in [2.05, 4.69) is 27.6 Å². The third kappa shape index (κ3) is 3.04. The predicted molar refractivity (Wildman–Crippen MR) is 76.6 cm³/mol. The molecule has 0 aliphatic carbocycles. The van der Waals surface area contributed by atoms with E-state index >= 15 is 0 Å². The number of pyridine rings is 1. The topological polar surface area (TPSA) is 40.6 Å². The summed E-state index contributed by atoms with van der Waals surface area (Å²) >= 11 is 2.21. The van der Waals surface area contributed by atoms with Gasteiger partial charge in [-0.2, -0.15) is 0 Å². The normalized spacial score (nSPS) is 9.94. The average Bonchev–Trinajstić information content (AvgIpc) is 2.38. The van der Waals surface area contributed by atoms with E-state index in [-0.39, 0.29) is 0 Å². The number of hydrogen-bond acceptors (Lipinski definition) is 4. The summed E-state index contributed by atoms with van der Waals surface area (Å²) in [6, 6.07) is 9.13. The van der Waals surface area contributed by atoms with Crippen LogP contribution < -0.4 is 14.2 Å². The van der Waals surface area contributed by atoms with Crippen LogP contribution in [0.1, 0.15) is 0 Å². The van der Waals surface area contributed by atoms with Gasteiger partial charge in [-0.25, -0.2) is 4.98 Å². The van der Waals surface area contributed by atoms with Crippen LogP contribution in [0, 0.1) is 3.57 Å². The molecular weight excluding hydrogens is 345 g/mol. The Hall–Kier alpha value is -1.50. The van der Waals surface area contributed by atoms with Crippen molar-refractivity contribution in [1.82, 2.24) is 4.98 Å². The van der Waals surface area contributed by atoms with Gasteiger partial charge in [0.15, 0.2) is 11.5 Å². The molecule has 4 nitrogen and oxygen atoms in total. The lowest BCUT2D eigenvalue weighted by molar-refractivity contribution is 0.351. The van der Waals surface area contributed by atoms with Crippen molar-refractivity contribution in [2.45, 2.75) is 0 Å². The maximum absolute atomic E-state index is 5.65. The summed E-state index contributed by atoms with van der Waals surface area (Å²) in [6.07, 6.45) is 1.71. The third-order valence-corrected chi connectivity index (χ3v) is 2.95. The van der Waals surface area contributed by atoms with E-state index < -0.39 is 0 Å². The SMILES string of the molecule is COc1ccc(Oc2cc(I)ccn2)cc1OC. The first-order valence-electron chi connectivity index (χ1n) is 5.24. The van der Waals surface area contributed by atoms with Crippen molar-refractivity contribution in [1.29, 1.82) is 0 Å². The Labute approximate surface area is 119 Å². The van der Waals surface area contributed by atoms with Crippen LogP contribution >= 0.6 is 22.6 Å². The van der Waals surface area contributed by atoms with E-state index in [1.165, 1.54) is 0 Å². The molecule has 0 saturated heterocycles. The highest BCUT2D eigenvalue weighted by Crippen LogP contribution is 2.32. The number of aromatic nitrogens is 1. The fourth-order valence-corrected chi connectivity index (χ4v) is 1.87. The van der Waals surface area contributed by atoms with Crippen LogP contribution in [0.2, 0.25) is 0 Å². The van der Waals surface area contributed by atoms with Crippen molar-refractivity contribution in [2.75, 3.05) is 14.2 Å². The number of ether oxygens (including phenoxy) is 3. The van der Waals surface area contributed by atoms with Crippen molar-refractivity contribution in [3.05, 3.63) is 40.1 Å². The summed E-state index contributed by atoms with van der Waals surface area (Å²) < 4.78 is 17.1. The molecule has 1 aromatic heterocycles. The Morgan fingerprint density at radius 3 is 2.44 bits per heavy atom. The Morgan fingerprint density at radius 2 is 1.78 bits per heavy atom. The van der Waals surface area contributed by atoms with Gasteiger partial charge >= 0.3 is 0 Å². The highest BCUT2D eigenvalue weighted by Gasteiger charge is 2.06. The molecule has 0 atom stereocenters. The summed E-state index contributed by atoms with van der Waals surface area (Å²) in [5.74, 6) is 2.50. The molecule has 94 valence electrons. The fraction of sp³-hybridized carbons (Fsp3) is 0.154. The van der Waals surface area contributed by atoms with Crippen molar-refractivity contribution in [3.63, 3.8) is 0 Å². The molecule has 0 aliphatic heterocycles. The van der Waals surface area contributed by atoms with Crippen LogP contribution in [0.25, 0.3) is 0 Å². The van der Waals surface area contributed by atoms with Crippen molar-refractivity contribution in [3.8, 4) is 23.1 Å². The third-order valence-electron chi connectivity index (χ3n) is 2.27. The lowest BCUT2D eigenvalue weighted by atomic mass is 10.3. The van der Waals surface area contributed by atoms with Crippen molar-refractivity contribution < 1.29 is 14.2 Å². The molecule has 0 fully saturated rings. The van der Waals surface area contributed by atoms with Gasteiger partial charge in [-0.15, -0.1) is 0 Å². The average molecular weight is 357 g/mol. The van der Waals surface area contributed by atoms with Crippen LogP contribution in [-0.2, 0) is 0 Å². The first-order valence-corrected chi connectivity index (χ1v) is 6.32. The quantitative estimate of drug-likeness (QED) is 0.786. The summed E-state index contributed by atoms with van der Waals surface area (Å²) in [5, 5.41) is 0. The molecule has 0 radical (unpaired) electrons. The summed E-state index contributed by atoms with van der Waals surface area (Å²) in [5.41, 5.74) is 0. The molecule has 1 heterocycles. The van der Waals surface area contributed by atoms with E-state index in [0.717, 1.165) is 3.57 Å². The van der Waals surface area contributed by atoms with Crippen molar-refractivity contribution >= 4 is 22.6 Å². The van der Waals surface area contributed by atoms with E-state index in [0.29, 0.717) is 23.1 Å². The lowest BCUT2D eigenvalue weighted by Crippen LogP contribution is -1.92. The van der Waals surface area contributed by atoms with Gasteiger partial charge in [0.2, 0.25) is 5.88 Å². The predicted octanol–water partition coefficient (Wildman–Crippen LogP) is 3.50. The van der Waals surface area contributed by atoms with E-state index in [1.54, 1.807) is 32.5 Å². The maximum atomic E-state index is 5.65. The summed E-state index contributed by atoms with van der Waals surface area (Å²) in [6.45, 7) is 0. The Bertz CT molecular complexity index is 546. The second-order valence-corrected chi connectivity index (χ2v) is 4.68. The van der Waals surface area contributed by atoms with Crippen LogP contribution in [0.15, 0.2) is 36.5 Å². The summed E-state index contributed by atoms with van der Waals surface area (Å²) in [7, 11) is 3.19. The Kier molecular flexibility index (Phi) is 4.24. The molecule has 2 rings (SSSR count). The van der Waals surface area contributed by atoms with Gasteiger partial charge in [-0.05, 0) is 40.8 Å². The van der Waals surface area contributed by atoms with Crippen LogP contribution in [0.4, 0.5) is 0 Å². The monoisotopic (exact) mass is 357 g/mol. The largest absolute Gasteiger partial charge is 0.493 e. The minimum Gasteiger partial charge on any atom is -0.493 e. The van der Waals surface area contributed by atoms with E-state index in [4.69, 9.17) is 14.2 Å². The van der Waals surface area contributed by atoms with Gasteiger partial charge in [-0.1, -0.05) is 0 Å². The molecule has 0 aliphatic rings. The zero-order chi connectivity index (χ0) is 13.0. The highest BCUT2D eigenvalue weighted by atomic mass is 127.